The van der Waals surface area contributed by atoms with Crippen LogP contribution in [0.25, 0.3) is 0 Å². The van der Waals surface area contributed by atoms with Gasteiger partial charge >= 0.3 is 0 Å². The summed E-state index contributed by atoms with van der Waals surface area (Å²) in [5.41, 5.74) is 7.45. The SMILES string of the molecule is C=C(C)CCc1ccc(C)cc1.C=C(CC)Nc1ccc(C)cc1.CC. The number of anilines is 1. The molecule has 0 aliphatic carbocycles. The summed E-state index contributed by atoms with van der Waals surface area (Å²) in [5, 5.41) is 3.22. The quantitative estimate of drug-likeness (QED) is 0.522. The van der Waals surface area contributed by atoms with E-state index in [0.717, 1.165) is 30.6 Å². The predicted octanol–water partition coefficient (Wildman–Crippen LogP) is 7.86. The molecule has 142 valence electrons. The topological polar surface area (TPSA) is 12.0 Å². The summed E-state index contributed by atoms with van der Waals surface area (Å²) in [5.74, 6) is 0. The second-order valence-electron chi connectivity index (χ2n) is 6.39. The van der Waals surface area contributed by atoms with Crippen LogP contribution in [0.1, 0.15) is 57.2 Å². The highest BCUT2D eigenvalue weighted by Crippen LogP contribution is 2.11. The van der Waals surface area contributed by atoms with Gasteiger partial charge in [0, 0.05) is 11.4 Å². The Balaban J connectivity index is 0.000000439. The smallest absolute Gasteiger partial charge is 0.0381 e. The van der Waals surface area contributed by atoms with Crippen molar-refractivity contribution in [1.29, 1.82) is 0 Å². The first kappa shape index (κ1) is 23.7. The van der Waals surface area contributed by atoms with Crippen molar-refractivity contribution in [2.75, 3.05) is 5.32 Å². The van der Waals surface area contributed by atoms with E-state index in [9.17, 15) is 0 Å². The van der Waals surface area contributed by atoms with Gasteiger partial charge in [-0.2, -0.15) is 0 Å². The third-order valence-corrected chi connectivity index (χ3v) is 3.76. The van der Waals surface area contributed by atoms with Crippen molar-refractivity contribution in [2.24, 2.45) is 0 Å². The number of hydrogen-bond donors (Lipinski definition) is 1. The van der Waals surface area contributed by atoms with Gasteiger partial charge in [0.1, 0.15) is 0 Å². The number of aryl methyl sites for hydroxylation is 3. The zero-order valence-corrected chi connectivity index (χ0v) is 17.7. The normalized spacial score (nSPS) is 9.15. The molecule has 0 radical (unpaired) electrons. The molecule has 0 fully saturated rings. The first-order valence-corrected chi connectivity index (χ1v) is 9.62. The van der Waals surface area contributed by atoms with Crippen LogP contribution in [0.3, 0.4) is 0 Å². The average molecular weight is 352 g/mol. The Morgan fingerprint density at radius 3 is 1.73 bits per heavy atom. The molecule has 0 saturated heterocycles. The van der Waals surface area contributed by atoms with E-state index in [0.29, 0.717) is 0 Å². The van der Waals surface area contributed by atoms with E-state index >= 15 is 0 Å². The summed E-state index contributed by atoms with van der Waals surface area (Å²) in [6.45, 7) is 20.1. The first-order valence-electron chi connectivity index (χ1n) is 9.62. The van der Waals surface area contributed by atoms with Gasteiger partial charge in [-0.05, 0) is 57.7 Å². The lowest BCUT2D eigenvalue weighted by molar-refractivity contribution is 0.945. The Hall–Kier alpha value is -2.28. The van der Waals surface area contributed by atoms with Gasteiger partial charge in [0.25, 0.3) is 0 Å². The zero-order chi connectivity index (χ0) is 19.9. The largest absolute Gasteiger partial charge is 0.359 e. The number of rotatable bonds is 6. The Kier molecular flexibility index (Phi) is 12.7. The summed E-state index contributed by atoms with van der Waals surface area (Å²) in [4.78, 5) is 0. The molecule has 26 heavy (non-hydrogen) atoms. The van der Waals surface area contributed by atoms with Gasteiger partial charge in [0.2, 0.25) is 0 Å². The highest BCUT2D eigenvalue weighted by atomic mass is 14.9. The van der Waals surface area contributed by atoms with E-state index in [-0.39, 0.29) is 0 Å². The lowest BCUT2D eigenvalue weighted by atomic mass is 10.1. The molecule has 2 aromatic rings. The summed E-state index contributed by atoms with van der Waals surface area (Å²) >= 11 is 0. The summed E-state index contributed by atoms with van der Waals surface area (Å²) in [6, 6.07) is 17.0. The van der Waals surface area contributed by atoms with Crippen LogP contribution in [0.15, 0.2) is 73.0 Å². The Bertz CT molecular complexity index is 633. The highest BCUT2D eigenvalue weighted by molar-refractivity contribution is 5.48. The molecular formula is C25H37N. The van der Waals surface area contributed by atoms with Gasteiger partial charge in [-0.25, -0.2) is 0 Å². The maximum absolute atomic E-state index is 3.89. The van der Waals surface area contributed by atoms with Crippen molar-refractivity contribution in [3.8, 4) is 0 Å². The van der Waals surface area contributed by atoms with E-state index in [1.807, 2.05) is 13.8 Å². The molecule has 0 atom stereocenters. The van der Waals surface area contributed by atoms with Crippen molar-refractivity contribution in [2.45, 2.75) is 60.8 Å². The van der Waals surface area contributed by atoms with Gasteiger partial charge < -0.3 is 5.32 Å². The highest BCUT2D eigenvalue weighted by Gasteiger charge is 1.92. The van der Waals surface area contributed by atoms with Gasteiger partial charge in [-0.3, -0.25) is 0 Å². The number of allylic oxidation sites excluding steroid dienone is 2. The van der Waals surface area contributed by atoms with Crippen LogP contribution in [-0.2, 0) is 6.42 Å². The molecule has 0 aliphatic heterocycles. The molecule has 0 heterocycles. The molecule has 0 spiro atoms. The van der Waals surface area contributed by atoms with E-state index in [4.69, 9.17) is 0 Å². The Morgan fingerprint density at radius 2 is 1.31 bits per heavy atom. The third kappa shape index (κ3) is 11.3. The number of hydrogen-bond acceptors (Lipinski definition) is 1. The zero-order valence-electron chi connectivity index (χ0n) is 17.7. The van der Waals surface area contributed by atoms with Gasteiger partial charge in [-0.1, -0.05) is 80.4 Å². The first-order chi connectivity index (χ1) is 12.4. The van der Waals surface area contributed by atoms with E-state index in [2.05, 4.69) is 94.7 Å². The fourth-order valence-corrected chi connectivity index (χ4v) is 2.04. The minimum atomic E-state index is 0.966. The monoisotopic (exact) mass is 351 g/mol. The lowest BCUT2D eigenvalue weighted by Crippen LogP contribution is -1.95. The van der Waals surface area contributed by atoms with Crippen LogP contribution in [0.4, 0.5) is 5.69 Å². The molecule has 0 unspecified atom stereocenters. The van der Waals surface area contributed by atoms with Crippen molar-refractivity contribution in [3.63, 3.8) is 0 Å². The fourth-order valence-electron chi connectivity index (χ4n) is 2.04. The van der Waals surface area contributed by atoms with E-state index in [1.54, 1.807) is 0 Å². The van der Waals surface area contributed by atoms with Crippen molar-refractivity contribution < 1.29 is 0 Å². The molecule has 1 nitrogen and oxygen atoms in total. The molecule has 0 aliphatic rings. The second-order valence-corrected chi connectivity index (χ2v) is 6.39. The molecular weight excluding hydrogens is 314 g/mol. The number of nitrogens with one attached hydrogen (secondary N) is 1. The molecule has 2 rings (SSSR count). The third-order valence-electron chi connectivity index (χ3n) is 3.76. The van der Waals surface area contributed by atoms with Crippen LogP contribution in [0.5, 0.6) is 0 Å². The van der Waals surface area contributed by atoms with Gasteiger partial charge in [0.05, 0.1) is 0 Å². The van der Waals surface area contributed by atoms with Crippen LogP contribution in [-0.4, -0.2) is 0 Å². The van der Waals surface area contributed by atoms with Crippen molar-refractivity contribution in [1.82, 2.24) is 0 Å². The van der Waals surface area contributed by atoms with E-state index < -0.39 is 0 Å². The maximum Gasteiger partial charge on any atom is 0.0381 e. The van der Waals surface area contributed by atoms with Crippen LogP contribution in [0.2, 0.25) is 0 Å². The molecule has 0 aromatic heterocycles. The fraction of sp³-hybridized carbons (Fsp3) is 0.360. The van der Waals surface area contributed by atoms with Gasteiger partial charge in [-0.15, -0.1) is 6.58 Å². The molecule has 1 N–H and O–H groups in total. The molecule has 2 aromatic carbocycles. The van der Waals surface area contributed by atoms with Crippen LogP contribution < -0.4 is 5.32 Å². The van der Waals surface area contributed by atoms with Crippen LogP contribution >= 0.6 is 0 Å². The minimum Gasteiger partial charge on any atom is -0.359 e. The van der Waals surface area contributed by atoms with Crippen molar-refractivity contribution in [3.05, 3.63) is 89.6 Å². The molecule has 0 saturated carbocycles. The standard InChI is InChI=1S/C12H16.C11H15N.C2H6/c1-10(2)4-7-12-8-5-11(3)6-9-12;1-4-10(3)12-11-7-5-9(2)6-8-11;1-2/h5-6,8-9H,1,4,7H2,2-3H3;5-8,12H,3-4H2,1-2H3;1-2H3. The maximum atomic E-state index is 3.89. The molecule has 1 heteroatoms. The Labute approximate surface area is 161 Å². The summed E-state index contributed by atoms with van der Waals surface area (Å²) in [7, 11) is 0. The van der Waals surface area contributed by atoms with Gasteiger partial charge in [0.15, 0.2) is 0 Å². The minimum absolute atomic E-state index is 0.966. The van der Waals surface area contributed by atoms with Crippen molar-refractivity contribution >= 4 is 5.69 Å². The second kappa shape index (κ2) is 13.9. The molecule has 0 amide bonds. The predicted molar refractivity (Wildman–Crippen MR) is 120 cm³/mol. The van der Waals surface area contributed by atoms with E-state index in [1.165, 1.54) is 22.3 Å². The average Bonchev–Trinajstić information content (AvgIpc) is 2.65. The lowest BCUT2D eigenvalue weighted by Gasteiger charge is -2.06. The summed E-state index contributed by atoms with van der Waals surface area (Å²) in [6.07, 6.45) is 3.19. The Morgan fingerprint density at radius 1 is 0.846 bits per heavy atom. The number of benzene rings is 2. The molecule has 0 bridgehead atoms. The summed E-state index contributed by atoms with van der Waals surface area (Å²) < 4.78 is 0. The van der Waals surface area contributed by atoms with Crippen LogP contribution in [0, 0.1) is 13.8 Å².